The van der Waals surface area contributed by atoms with E-state index in [2.05, 4.69) is 35.3 Å². The average Bonchev–Trinajstić information content (AvgIpc) is 2.63. The van der Waals surface area contributed by atoms with Crippen LogP contribution in [-0.2, 0) is 0 Å². The predicted molar refractivity (Wildman–Crippen MR) is 70.7 cm³/mol. The largest absolute Gasteiger partial charge is 0.367 e. The number of hydrogen-bond acceptors (Lipinski definition) is 3. The van der Waals surface area contributed by atoms with Crippen molar-refractivity contribution in [1.82, 2.24) is 14.6 Å². The molecule has 2 unspecified atom stereocenters. The van der Waals surface area contributed by atoms with Crippen LogP contribution in [0.4, 0.5) is 5.82 Å². The first kappa shape index (κ1) is 12.2. The Bertz CT molecular complexity index is 506. The van der Waals surface area contributed by atoms with Crippen molar-refractivity contribution >= 4 is 23.1 Å². The summed E-state index contributed by atoms with van der Waals surface area (Å²) in [6, 6.07) is 4.38. The van der Waals surface area contributed by atoms with E-state index in [1.165, 1.54) is 5.56 Å². The van der Waals surface area contributed by atoms with Crippen LogP contribution in [0.3, 0.4) is 0 Å². The van der Waals surface area contributed by atoms with E-state index in [0.717, 1.165) is 17.9 Å². The first-order chi connectivity index (χ1) is 8.06. The van der Waals surface area contributed by atoms with Gasteiger partial charge in [-0.2, -0.15) is 9.61 Å². The lowest BCUT2D eigenvalue weighted by atomic mass is 10.2. The highest BCUT2D eigenvalue weighted by molar-refractivity contribution is 6.20. The number of aryl methyl sites for hydroxylation is 1. The van der Waals surface area contributed by atoms with E-state index in [1.54, 1.807) is 6.33 Å². The normalized spacial score (nSPS) is 14.8. The van der Waals surface area contributed by atoms with Gasteiger partial charge < -0.3 is 5.32 Å². The van der Waals surface area contributed by atoms with Gasteiger partial charge in [0.1, 0.15) is 12.1 Å². The lowest BCUT2D eigenvalue weighted by Crippen LogP contribution is -2.20. The van der Waals surface area contributed by atoms with Crippen LogP contribution in [0.1, 0.15) is 25.8 Å². The lowest BCUT2D eigenvalue weighted by molar-refractivity contribution is 0.689. The van der Waals surface area contributed by atoms with E-state index in [0.29, 0.717) is 6.04 Å². The fraction of sp³-hybridized carbons (Fsp3) is 0.500. The first-order valence-corrected chi connectivity index (χ1v) is 6.21. The zero-order chi connectivity index (χ0) is 12.4. The number of aromatic nitrogens is 3. The third kappa shape index (κ3) is 2.88. The fourth-order valence-corrected chi connectivity index (χ4v) is 2.23. The van der Waals surface area contributed by atoms with Gasteiger partial charge in [0.25, 0.3) is 0 Å². The Morgan fingerprint density at radius 1 is 1.41 bits per heavy atom. The molecule has 0 saturated carbocycles. The summed E-state index contributed by atoms with van der Waals surface area (Å²) in [6.07, 6.45) is 2.47. The maximum absolute atomic E-state index is 5.99. The molecule has 0 radical (unpaired) electrons. The number of nitrogens with one attached hydrogen (secondary N) is 1. The summed E-state index contributed by atoms with van der Waals surface area (Å²) in [5.41, 5.74) is 2.03. The third-order valence-electron chi connectivity index (χ3n) is 2.60. The van der Waals surface area contributed by atoms with Gasteiger partial charge in [-0.3, -0.25) is 0 Å². The Hall–Kier alpha value is -1.29. The van der Waals surface area contributed by atoms with Crippen LogP contribution < -0.4 is 5.32 Å². The molecule has 5 heteroatoms. The molecule has 0 amide bonds. The van der Waals surface area contributed by atoms with Gasteiger partial charge in [-0.25, -0.2) is 4.98 Å². The minimum absolute atomic E-state index is 0.161. The zero-order valence-electron chi connectivity index (χ0n) is 10.3. The minimum Gasteiger partial charge on any atom is -0.367 e. The van der Waals surface area contributed by atoms with Crippen molar-refractivity contribution in [2.45, 2.75) is 38.6 Å². The van der Waals surface area contributed by atoms with Gasteiger partial charge >= 0.3 is 0 Å². The number of hydrogen-bond donors (Lipinski definition) is 1. The fourth-order valence-electron chi connectivity index (χ4n) is 1.96. The van der Waals surface area contributed by atoms with Crippen LogP contribution in [0.2, 0.25) is 0 Å². The van der Waals surface area contributed by atoms with E-state index in [-0.39, 0.29) is 5.38 Å². The highest BCUT2D eigenvalue weighted by Gasteiger charge is 2.09. The average molecular weight is 253 g/mol. The molecule has 2 aromatic heterocycles. The van der Waals surface area contributed by atoms with Gasteiger partial charge in [0, 0.05) is 11.4 Å². The highest BCUT2D eigenvalue weighted by Crippen LogP contribution is 2.16. The summed E-state index contributed by atoms with van der Waals surface area (Å²) < 4.78 is 1.81. The van der Waals surface area contributed by atoms with Gasteiger partial charge in [-0.15, -0.1) is 11.6 Å². The maximum atomic E-state index is 5.99. The highest BCUT2D eigenvalue weighted by atomic mass is 35.5. The van der Waals surface area contributed by atoms with Gasteiger partial charge in [-0.05, 0) is 44.9 Å². The molecule has 2 rings (SSSR count). The Morgan fingerprint density at radius 3 is 2.88 bits per heavy atom. The number of alkyl halides is 1. The number of pyridine rings is 1. The third-order valence-corrected chi connectivity index (χ3v) is 2.77. The monoisotopic (exact) mass is 252 g/mol. The molecular weight excluding hydrogens is 236 g/mol. The van der Waals surface area contributed by atoms with E-state index in [4.69, 9.17) is 11.6 Å². The summed E-state index contributed by atoms with van der Waals surface area (Å²) in [7, 11) is 0. The molecule has 1 N–H and O–H groups in total. The second-order valence-electron chi connectivity index (χ2n) is 4.51. The number of nitrogens with zero attached hydrogens (tertiary/aromatic N) is 3. The minimum atomic E-state index is 0.161. The van der Waals surface area contributed by atoms with Crippen LogP contribution in [-0.4, -0.2) is 26.0 Å². The second kappa shape index (κ2) is 4.92. The topological polar surface area (TPSA) is 42.2 Å². The number of fused-ring (bicyclic) bond motifs is 1. The van der Waals surface area contributed by atoms with Gasteiger partial charge in [0.05, 0.1) is 0 Å². The van der Waals surface area contributed by atoms with Crippen molar-refractivity contribution in [3.8, 4) is 0 Å². The van der Waals surface area contributed by atoms with Crippen molar-refractivity contribution < 1.29 is 0 Å². The van der Waals surface area contributed by atoms with E-state index >= 15 is 0 Å². The second-order valence-corrected chi connectivity index (χ2v) is 5.25. The molecule has 2 heterocycles. The standard InChI is InChI=1S/C12H17ClN4/c1-8-4-11-14-7-15-17(11)12(5-8)16-10(3)6-9(2)13/h4-5,7,9-10,16H,6H2,1-3H3. The Balaban J connectivity index is 2.25. The molecular formula is C12H17ClN4. The molecule has 0 spiro atoms. The predicted octanol–water partition coefficient (Wildman–Crippen LogP) is 2.86. The molecule has 0 fully saturated rings. The van der Waals surface area contributed by atoms with Crippen molar-refractivity contribution in [3.05, 3.63) is 24.0 Å². The summed E-state index contributed by atoms with van der Waals surface area (Å²) >= 11 is 5.99. The van der Waals surface area contributed by atoms with Crippen LogP contribution in [0.25, 0.3) is 5.65 Å². The van der Waals surface area contributed by atoms with Crippen LogP contribution in [0, 0.1) is 6.92 Å². The molecule has 17 heavy (non-hydrogen) atoms. The van der Waals surface area contributed by atoms with Crippen LogP contribution >= 0.6 is 11.6 Å². The number of anilines is 1. The molecule has 0 saturated heterocycles. The summed E-state index contributed by atoms with van der Waals surface area (Å²) in [5, 5.41) is 7.78. The number of halogens is 1. The summed E-state index contributed by atoms with van der Waals surface area (Å²) in [4.78, 5) is 4.19. The van der Waals surface area contributed by atoms with Crippen molar-refractivity contribution in [1.29, 1.82) is 0 Å². The SMILES string of the molecule is Cc1cc(NC(C)CC(C)Cl)n2ncnc2c1. The van der Waals surface area contributed by atoms with E-state index in [1.807, 2.05) is 17.5 Å². The quantitative estimate of drug-likeness (QED) is 0.851. The van der Waals surface area contributed by atoms with Crippen LogP contribution in [0.15, 0.2) is 18.5 Å². The van der Waals surface area contributed by atoms with Crippen molar-refractivity contribution in [3.63, 3.8) is 0 Å². The van der Waals surface area contributed by atoms with E-state index < -0.39 is 0 Å². The number of rotatable bonds is 4. The van der Waals surface area contributed by atoms with Crippen molar-refractivity contribution in [2.75, 3.05) is 5.32 Å². The molecule has 0 aliphatic carbocycles. The molecule has 0 aliphatic heterocycles. The smallest absolute Gasteiger partial charge is 0.157 e. The molecule has 0 bridgehead atoms. The van der Waals surface area contributed by atoms with Crippen LogP contribution in [0.5, 0.6) is 0 Å². The maximum Gasteiger partial charge on any atom is 0.157 e. The Kier molecular flexibility index (Phi) is 3.52. The molecule has 92 valence electrons. The van der Waals surface area contributed by atoms with Gasteiger partial charge in [0.15, 0.2) is 5.65 Å². The summed E-state index contributed by atoms with van der Waals surface area (Å²) in [6.45, 7) is 6.17. The van der Waals surface area contributed by atoms with Crippen molar-refractivity contribution in [2.24, 2.45) is 0 Å². The molecule has 0 aromatic carbocycles. The first-order valence-electron chi connectivity index (χ1n) is 5.77. The van der Waals surface area contributed by atoms with E-state index in [9.17, 15) is 0 Å². The Morgan fingerprint density at radius 2 is 2.18 bits per heavy atom. The lowest BCUT2D eigenvalue weighted by Gasteiger charge is -2.17. The molecule has 0 aliphatic rings. The van der Waals surface area contributed by atoms with Gasteiger partial charge in [-0.1, -0.05) is 0 Å². The molecule has 4 nitrogen and oxygen atoms in total. The molecule has 2 aromatic rings. The molecule has 2 atom stereocenters. The van der Waals surface area contributed by atoms with Gasteiger partial charge in [0.2, 0.25) is 0 Å². The summed E-state index contributed by atoms with van der Waals surface area (Å²) in [5.74, 6) is 0.960. The Labute approximate surface area is 106 Å². The zero-order valence-corrected chi connectivity index (χ0v) is 11.1.